The van der Waals surface area contributed by atoms with Crippen LogP contribution in [0.4, 0.5) is 17.2 Å². The number of benzene rings is 2. The molecule has 1 aliphatic rings. The SMILES string of the molecule is CC(Nc1ncnc2nc[nH]c12)[C@@H]1N=c2cccc(N)c2=CN1c1ccccc1. The van der Waals surface area contributed by atoms with Gasteiger partial charge >= 0.3 is 0 Å². The van der Waals surface area contributed by atoms with E-state index in [0.717, 1.165) is 21.8 Å². The number of hydrogen-bond acceptors (Lipinski definition) is 7. The van der Waals surface area contributed by atoms with Crippen molar-refractivity contribution >= 4 is 34.6 Å². The lowest BCUT2D eigenvalue weighted by atomic mass is 10.1. The molecule has 0 spiro atoms. The number of nitrogens with one attached hydrogen (secondary N) is 2. The number of aromatic amines is 1. The van der Waals surface area contributed by atoms with Gasteiger partial charge in [-0.15, -0.1) is 0 Å². The van der Waals surface area contributed by atoms with Crippen molar-refractivity contribution in [2.24, 2.45) is 4.99 Å². The normalized spacial score (nSPS) is 16.6. The molecule has 0 aliphatic carbocycles. The Morgan fingerprint density at radius 2 is 1.93 bits per heavy atom. The van der Waals surface area contributed by atoms with Gasteiger partial charge in [-0.2, -0.15) is 0 Å². The van der Waals surface area contributed by atoms with Crippen molar-refractivity contribution in [3.05, 3.63) is 71.8 Å². The van der Waals surface area contributed by atoms with Crippen LogP contribution in [-0.2, 0) is 0 Å². The summed E-state index contributed by atoms with van der Waals surface area (Å²) in [5.41, 5.74) is 9.36. The van der Waals surface area contributed by atoms with Gasteiger partial charge < -0.3 is 20.9 Å². The van der Waals surface area contributed by atoms with Gasteiger partial charge in [-0.05, 0) is 31.2 Å². The van der Waals surface area contributed by atoms with Crippen molar-refractivity contribution in [3.8, 4) is 0 Å². The minimum atomic E-state index is -0.195. The van der Waals surface area contributed by atoms with Crippen LogP contribution in [-0.4, -0.2) is 32.1 Å². The number of anilines is 3. The van der Waals surface area contributed by atoms with Crippen LogP contribution in [0.2, 0.25) is 0 Å². The first-order valence-corrected chi connectivity index (χ1v) is 9.39. The van der Waals surface area contributed by atoms with Gasteiger partial charge in [0.2, 0.25) is 0 Å². The molecule has 0 saturated carbocycles. The quantitative estimate of drug-likeness (QED) is 0.462. The molecule has 2 atom stereocenters. The first kappa shape index (κ1) is 17.2. The molecule has 0 saturated heterocycles. The standard InChI is InChI=1S/C21H20N8/c1-13(27-20-18-19(24-11-23-18)25-12-26-20)21-28-17-9-5-8-16(22)15(17)10-29(21)14-6-3-2-4-7-14/h2-13,21H,22H2,1H3,(H2,23,24,25,26,27)/t13?,21-/m1/s1. The van der Waals surface area contributed by atoms with Crippen molar-refractivity contribution in [1.82, 2.24) is 19.9 Å². The van der Waals surface area contributed by atoms with Crippen molar-refractivity contribution < 1.29 is 0 Å². The lowest BCUT2D eigenvalue weighted by Crippen LogP contribution is -2.49. The first-order valence-electron chi connectivity index (χ1n) is 9.39. The lowest BCUT2D eigenvalue weighted by molar-refractivity contribution is 0.584. The molecule has 1 aliphatic heterocycles. The van der Waals surface area contributed by atoms with E-state index in [1.54, 1.807) is 6.33 Å². The molecule has 3 heterocycles. The Labute approximate surface area is 166 Å². The molecule has 4 aromatic rings. The van der Waals surface area contributed by atoms with Crippen LogP contribution in [0.25, 0.3) is 17.4 Å². The Morgan fingerprint density at radius 1 is 1.07 bits per heavy atom. The second kappa shape index (κ2) is 6.90. The molecule has 144 valence electrons. The van der Waals surface area contributed by atoms with E-state index in [-0.39, 0.29) is 12.2 Å². The smallest absolute Gasteiger partial charge is 0.182 e. The maximum absolute atomic E-state index is 6.22. The van der Waals surface area contributed by atoms with E-state index in [4.69, 9.17) is 10.7 Å². The number of imidazole rings is 1. The molecule has 2 aromatic carbocycles. The highest BCUT2D eigenvalue weighted by Crippen LogP contribution is 2.23. The van der Waals surface area contributed by atoms with E-state index < -0.39 is 0 Å². The van der Waals surface area contributed by atoms with Crippen LogP contribution < -0.4 is 26.5 Å². The van der Waals surface area contributed by atoms with Gasteiger partial charge in [0.25, 0.3) is 0 Å². The van der Waals surface area contributed by atoms with Crippen LogP contribution in [0.3, 0.4) is 0 Å². The minimum Gasteiger partial charge on any atom is -0.398 e. The molecule has 0 bridgehead atoms. The topological polar surface area (TPSA) is 108 Å². The minimum absolute atomic E-state index is 0.0672. The summed E-state index contributed by atoms with van der Waals surface area (Å²) < 4.78 is 0. The van der Waals surface area contributed by atoms with Crippen molar-refractivity contribution in [3.63, 3.8) is 0 Å². The number of para-hydroxylation sites is 1. The molecule has 29 heavy (non-hydrogen) atoms. The van der Waals surface area contributed by atoms with Gasteiger partial charge in [0.1, 0.15) is 18.0 Å². The van der Waals surface area contributed by atoms with Crippen LogP contribution in [0.5, 0.6) is 0 Å². The number of hydrogen-bond donors (Lipinski definition) is 3. The van der Waals surface area contributed by atoms with E-state index in [1.807, 2.05) is 36.4 Å². The third-order valence-electron chi connectivity index (χ3n) is 5.03. The number of nitrogen functional groups attached to an aromatic ring is 1. The van der Waals surface area contributed by atoms with Crippen LogP contribution in [0.15, 0.2) is 66.2 Å². The predicted octanol–water partition coefficient (Wildman–Crippen LogP) is 1.64. The monoisotopic (exact) mass is 384 g/mol. The van der Waals surface area contributed by atoms with Gasteiger partial charge in [0, 0.05) is 22.8 Å². The van der Waals surface area contributed by atoms with Gasteiger partial charge in [-0.25, -0.2) is 15.0 Å². The first-order chi connectivity index (χ1) is 14.2. The second-order valence-electron chi connectivity index (χ2n) is 6.95. The highest BCUT2D eigenvalue weighted by atomic mass is 15.3. The Kier molecular flexibility index (Phi) is 4.09. The maximum Gasteiger partial charge on any atom is 0.182 e. The van der Waals surface area contributed by atoms with E-state index in [0.29, 0.717) is 17.2 Å². The van der Waals surface area contributed by atoms with E-state index in [1.165, 1.54) is 6.33 Å². The molecule has 4 N–H and O–H groups in total. The van der Waals surface area contributed by atoms with Crippen molar-refractivity contribution in [2.75, 3.05) is 16.0 Å². The van der Waals surface area contributed by atoms with E-state index >= 15 is 0 Å². The van der Waals surface area contributed by atoms with Gasteiger partial charge in [-0.1, -0.05) is 24.3 Å². The summed E-state index contributed by atoms with van der Waals surface area (Å²) in [6.45, 7) is 2.08. The molecule has 5 rings (SSSR count). The zero-order valence-electron chi connectivity index (χ0n) is 15.8. The number of aromatic nitrogens is 4. The van der Waals surface area contributed by atoms with Crippen LogP contribution in [0.1, 0.15) is 6.92 Å². The Balaban J connectivity index is 1.58. The molecule has 0 fully saturated rings. The summed E-state index contributed by atoms with van der Waals surface area (Å²) in [6, 6.07) is 15.9. The van der Waals surface area contributed by atoms with Crippen molar-refractivity contribution in [1.29, 1.82) is 0 Å². The molecule has 8 heteroatoms. The summed E-state index contributed by atoms with van der Waals surface area (Å²) in [4.78, 5) is 23.0. The van der Waals surface area contributed by atoms with Gasteiger partial charge in [0.15, 0.2) is 11.5 Å². The Bertz CT molecular complexity index is 1280. The fourth-order valence-electron chi connectivity index (χ4n) is 3.59. The molecular weight excluding hydrogens is 364 g/mol. The largest absolute Gasteiger partial charge is 0.398 e. The third-order valence-corrected chi connectivity index (χ3v) is 5.03. The average molecular weight is 384 g/mol. The Morgan fingerprint density at radius 3 is 2.79 bits per heavy atom. The molecule has 1 unspecified atom stereocenters. The summed E-state index contributed by atoms with van der Waals surface area (Å²) >= 11 is 0. The second-order valence-corrected chi connectivity index (χ2v) is 6.95. The summed E-state index contributed by atoms with van der Waals surface area (Å²) in [5, 5.41) is 5.29. The highest BCUT2D eigenvalue weighted by molar-refractivity contribution is 5.82. The fourth-order valence-corrected chi connectivity index (χ4v) is 3.59. The number of fused-ring (bicyclic) bond motifs is 2. The summed E-state index contributed by atoms with van der Waals surface area (Å²) in [5.74, 6) is 0.696. The van der Waals surface area contributed by atoms with Crippen LogP contribution >= 0.6 is 0 Å². The summed E-state index contributed by atoms with van der Waals surface area (Å²) in [7, 11) is 0. The maximum atomic E-state index is 6.22. The van der Waals surface area contributed by atoms with E-state index in [2.05, 4.69) is 55.4 Å². The van der Waals surface area contributed by atoms with Crippen molar-refractivity contribution in [2.45, 2.75) is 19.1 Å². The average Bonchev–Trinajstić information content (AvgIpc) is 3.24. The van der Waals surface area contributed by atoms with Gasteiger partial charge in [-0.3, -0.25) is 4.99 Å². The molecule has 2 aromatic heterocycles. The molecule has 8 nitrogen and oxygen atoms in total. The molecule has 0 radical (unpaired) electrons. The highest BCUT2D eigenvalue weighted by Gasteiger charge is 2.26. The lowest BCUT2D eigenvalue weighted by Gasteiger charge is -2.34. The van der Waals surface area contributed by atoms with E-state index in [9.17, 15) is 0 Å². The van der Waals surface area contributed by atoms with Gasteiger partial charge in [0.05, 0.1) is 17.7 Å². The molecular formula is C21H20N8. The zero-order chi connectivity index (χ0) is 19.8. The number of nitrogens with two attached hydrogens (primary N) is 1. The third kappa shape index (κ3) is 3.04. The Hall–Kier alpha value is -3.94. The predicted molar refractivity (Wildman–Crippen MR) is 114 cm³/mol. The number of nitrogens with zero attached hydrogens (tertiary/aromatic N) is 5. The number of rotatable bonds is 4. The summed E-state index contributed by atoms with van der Waals surface area (Å²) in [6.07, 6.45) is 5.00. The zero-order valence-corrected chi connectivity index (χ0v) is 15.8. The molecule has 0 amide bonds. The number of H-pyrrole nitrogens is 1. The van der Waals surface area contributed by atoms with Crippen LogP contribution in [0, 0.1) is 0 Å². The fraction of sp³-hybridized carbons (Fsp3) is 0.143.